The van der Waals surface area contributed by atoms with Gasteiger partial charge in [0.2, 0.25) is 5.91 Å². The van der Waals surface area contributed by atoms with Crippen LogP contribution in [-0.2, 0) is 4.79 Å². The van der Waals surface area contributed by atoms with E-state index in [0.29, 0.717) is 18.5 Å². The Morgan fingerprint density at radius 3 is 2.92 bits per heavy atom. The van der Waals surface area contributed by atoms with Crippen LogP contribution in [0.2, 0.25) is 0 Å². The minimum atomic E-state index is 0.143. The van der Waals surface area contributed by atoms with Crippen LogP contribution >= 0.6 is 11.8 Å². The van der Waals surface area contributed by atoms with Gasteiger partial charge in [-0.3, -0.25) is 9.69 Å². The van der Waals surface area contributed by atoms with Gasteiger partial charge in [-0.05, 0) is 31.4 Å². The van der Waals surface area contributed by atoms with Gasteiger partial charge in [0.25, 0.3) is 0 Å². The largest absolute Gasteiger partial charge is 0.358 e. The van der Waals surface area contributed by atoms with Gasteiger partial charge in [-0.1, -0.05) is 32.0 Å². The van der Waals surface area contributed by atoms with Crippen LogP contribution in [0.3, 0.4) is 0 Å². The number of carbonyl (C=O) groups excluding carboxylic acids is 1. The second kappa shape index (κ2) is 7.19. The van der Waals surface area contributed by atoms with Crippen LogP contribution in [-0.4, -0.2) is 47.7 Å². The zero-order valence-electron chi connectivity index (χ0n) is 14.8. The maximum atomic E-state index is 12.1. The number of thioether (sulfide) groups is 1. The van der Waals surface area contributed by atoms with Crippen LogP contribution in [0.15, 0.2) is 29.2 Å². The van der Waals surface area contributed by atoms with Crippen molar-refractivity contribution in [3.05, 3.63) is 30.0 Å². The zero-order chi connectivity index (χ0) is 17.2. The summed E-state index contributed by atoms with van der Waals surface area (Å²) in [5, 5.41) is 4.32. The quantitative estimate of drug-likeness (QED) is 0.623. The van der Waals surface area contributed by atoms with Gasteiger partial charge < -0.3 is 10.3 Å². The Morgan fingerprint density at radius 2 is 2.17 bits per heavy atom. The highest BCUT2D eigenvalue weighted by molar-refractivity contribution is 7.99. The van der Waals surface area contributed by atoms with E-state index in [2.05, 4.69) is 54.2 Å². The van der Waals surface area contributed by atoms with Gasteiger partial charge >= 0.3 is 0 Å². The minimum absolute atomic E-state index is 0.143. The molecule has 1 amide bonds. The van der Waals surface area contributed by atoms with E-state index in [4.69, 9.17) is 0 Å². The maximum absolute atomic E-state index is 12.1. The van der Waals surface area contributed by atoms with Gasteiger partial charge in [0.05, 0.1) is 6.54 Å². The summed E-state index contributed by atoms with van der Waals surface area (Å²) in [6, 6.07) is 8.37. The minimum Gasteiger partial charge on any atom is -0.358 e. The van der Waals surface area contributed by atoms with Gasteiger partial charge in [0.1, 0.15) is 0 Å². The topological polar surface area (TPSA) is 48.1 Å². The summed E-state index contributed by atoms with van der Waals surface area (Å²) < 4.78 is 0. The molecule has 0 radical (unpaired) electrons. The van der Waals surface area contributed by atoms with E-state index < -0.39 is 0 Å². The number of hydrogen-bond acceptors (Lipinski definition) is 3. The number of nitrogens with zero attached hydrogens (tertiary/aromatic N) is 1. The van der Waals surface area contributed by atoms with Crippen LogP contribution in [0.1, 0.15) is 26.0 Å². The van der Waals surface area contributed by atoms with Crippen molar-refractivity contribution < 1.29 is 4.79 Å². The molecule has 0 spiro atoms. The summed E-state index contributed by atoms with van der Waals surface area (Å²) in [6.45, 7) is 9.93. The summed E-state index contributed by atoms with van der Waals surface area (Å²) in [7, 11) is 0. The van der Waals surface area contributed by atoms with Crippen molar-refractivity contribution in [2.75, 3.05) is 31.9 Å². The average molecular weight is 346 g/mol. The van der Waals surface area contributed by atoms with Gasteiger partial charge in [-0.15, -0.1) is 11.8 Å². The first-order valence-corrected chi connectivity index (χ1v) is 9.62. The molecule has 0 bridgehead atoms. The highest BCUT2D eigenvalue weighted by Gasteiger charge is 2.29. The Bertz CT molecular complexity index is 722. The van der Waals surface area contributed by atoms with Crippen molar-refractivity contribution in [2.24, 2.45) is 5.41 Å². The molecule has 1 saturated heterocycles. The Hall–Kier alpha value is -1.46. The van der Waals surface area contributed by atoms with Crippen LogP contribution in [0.25, 0.3) is 10.9 Å². The molecule has 130 valence electrons. The lowest BCUT2D eigenvalue weighted by Crippen LogP contribution is -2.37. The van der Waals surface area contributed by atoms with Crippen molar-refractivity contribution >= 4 is 28.6 Å². The van der Waals surface area contributed by atoms with E-state index in [1.165, 1.54) is 27.9 Å². The van der Waals surface area contributed by atoms with Crippen molar-refractivity contribution in [2.45, 2.75) is 32.1 Å². The summed E-state index contributed by atoms with van der Waals surface area (Å²) >= 11 is 1.81. The van der Waals surface area contributed by atoms with Crippen LogP contribution in [0, 0.1) is 12.3 Å². The Balaban J connectivity index is 1.43. The van der Waals surface area contributed by atoms with Crippen molar-refractivity contribution in [1.29, 1.82) is 0 Å². The SMILES string of the molecule is Cc1[nH]c2ccccc2c1SCCNC(=O)CN1CCC(C)(C)C1. The summed E-state index contributed by atoms with van der Waals surface area (Å²) in [5.74, 6) is 1.03. The number of likely N-dealkylation sites (tertiary alicyclic amines) is 1. The Labute approximate surface area is 148 Å². The molecule has 5 heteroatoms. The first-order valence-electron chi connectivity index (χ1n) is 8.64. The second-order valence-electron chi connectivity index (χ2n) is 7.45. The number of fused-ring (bicyclic) bond motifs is 1. The molecule has 1 fully saturated rings. The van der Waals surface area contributed by atoms with E-state index in [1.54, 1.807) is 0 Å². The lowest BCUT2D eigenvalue weighted by atomic mass is 9.93. The third-order valence-corrected chi connectivity index (χ3v) is 5.85. The molecule has 2 aromatic rings. The van der Waals surface area contributed by atoms with Crippen LogP contribution < -0.4 is 5.32 Å². The predicted molar refractivity (Wildman–Crippen MR) is 102 cm³/mol. The molecule has 0 unspecified atom stereocenters. The first-order chi connectivity index (χ1) is 11.4. The number of rotatable bonds is 6. The number of nitrogens with one attached hydrogen (secondary N) is 2. The fraction of sp³-hybridized carbons (Fsp3) is 0.526. The number of benzene rings is 1. The van der Waals surface area contributed by atoms with Gasteiger partial charge in [-0.2, -0.15) is 0 Å². The maximum Gasteiger partial charge on any atom is 0.234 e. The molecule has 3 rings (SSSR count). The normalized spacial score (nSPS) is 17.5. The highest BCUT2D eigenvalue weighted by Crippen LogP contribution is 2.31. The number of aromatic nitrogens is 1. The standard InChI is InChI=1S/C19H27N3OS/c1-14-18(15-6-4-5-7-16(15)21-14)24-11-9-20-17(23)12-22-10-8-19(2,3)13-22/h4-7,21H,8-13H2,1-3H3,(H,20,23). The number of amides is 1. The molecule has 2 heterocycles. The van der Waals surface area contributed by atoms with Gasteiger partial charge in [0, 0.05) is 40.3 Å². The number of aryl methyl sites for hydroxylation is 1. The lowest BCUT2D eigenvalue weighted by Gasteiger charge is -2.19. The molecule has 0 aliphatic carbocycles. The Morgan fingerprint density at radius 1 is 1.38 bits per heavy atom. The third kappa shape index (κ3) is 4.14. The summed E-state index contributed by atoms with van der Waals surface area (Å²) in [4.78, 5) is 19.0. The van der Waals surface area contributed by atoms with E-state index >= 15 is 0 Å². The molecule has 0 atom stereocenters. The van der Waals surface area contributed by atoms with Gasteiger partial charge in [0.15, 0.2) is 0 Å². The smallest absolute Gasteiger partial charge is 0.234 e. The molecule has 1 aromatic carbocycles. The molecule has 0 saturated carbocycles. The number of para-hydroxylation sites is 1. The molecule has 1 aliphatic rings. The highest BCUT2D eigenvalue weighted by atomic mass is 32.2. The first kappa shape index (κ1) is 17.4. The summed E-state index contributed by atoms with van der Waals surface area (Å²) in [5.41, 5.74) is 2.73. The van der Waals surface area contributed by atoms with Crippen LogP contribution in [0.4, 0.5) is 0 Å². The number of carbonyl (C=O) groups is 1. The molecular weight excluding hydrogens is 318 g/mol. The van der Waals surface area contributed by atoms with E-state index in [-0.39, 0.29) is 5.91 Å². The number of H-pyrrole nitrogens is 1. The number of aromatic amines is 1. The molecule has 24 heavy (non-hydrogen) atoms. The fourth-order valence-corrected chi connectivity index (χ4v) is 4.41. The molecule has 1 aliphatic heterocycles. The molecule has 1 aromatic heterocycles. The van der Waals surface area contributed by atoms with E-state index in [0.717, 1.165) is 18.8 Å². The van der Waals surface area contributed by atoms with E-state index in [9.17, 15) is 4.79 Å². The fourth-order valence-electron chi connectivity index (χ4n) is 3.40. The van der Waals surface area contributed by atoms with Crippen LogP contribution in [0.5, 0.6) is 0 Å². The summed E-state index contributed by atoms with van der Waals surface area (Å²) in [6.07, 6.45) is 1.18. The zero-order valence-corrected chi connectivity index (χ0v) is 15.6. The third-order valence-electron chi connectivity index (χ3n) is 4.63. The van der Waals surface area contributed by atoms with Gasteiger partial charge in [-0.25, -0.2) is 0 Å². The molecular formula is C19H27N3OS. The van der Waals surface area contributed by atoms with Crippen molar-refractivity contribution in [1.82, 2.24) is 15.2 Å². The Kier molecular flexibility index (Phi) is 5.21. The lowest BCUT2D eigenvalue weighted by molar-refractivity contribution is -0.121. The molecule has 2 N–H and O–H groups in total. The molecule has 4 nitrogen and oxygen atoms in total. The average Bonchev–Trinajstić information content (AvgIpc) is 3.02. The monoisotopic (exact) mass is 345 g/mol. The van der Waals surface area contributed by atoms with Crippen molar-refractivity contribution in [3.63, 3.8) is 0 Å². The number of hydrogen-bond donors (Lipinski definition) is 2. The second-order valence-corrected chi connectivity index (χ2v) is 8.55. The predicted octanol–water partition coefficient (Wildman–Crippen LogP) is 3.42. The van der Waals surface area contributed by atoms with Crippen molar-refractivity contribution in [3.8, 4) is 0 Å². The van der Waals surface area contributed by atoms with E-state index in [1.807, 2.05) is 17.8 Å².